The summed E-state index contributed by atoms with van der Waals surface area (Å²) in [6.45, 7) is 5.92. The quantitative estimate of drug-likeness (QED) is 0.814. The Morgan fingerprint density at radius 2 is 2.26 bits per heavy atom. The number of aromatic amines is 1. The molecule has 2 amide bonds. The number of nitrogens with one attached hydrogen (secondary N) is 2. The van der Waals surface area contributed by atoms with Gasteiger partial charge in [0.05, 0.1) is 6.10 Å². The number of amides is 2. The van der Waals surface area contributed by atoms with Gasteiger partial charge in [0.15, 0.2) is 0 Å². The van der Waals surface area contributed by atoms with Gasteiger partial charge in [0.25, 0.3) is 0 Å². The zero-order valence-electron chi connectivity index (χ0n) is 13.8. The topological polar surface area (TPSA) is 68.4 Å². The Morgan fingerprint density at radius 1 is 1.43 bits per heavy atom. The maximum Gasteiger partial charge on any atom is 0.317 e. The lowest BCUT2D eigenvalue weighted by Crippen LogP contribution is -2.49. The molecule has 5 heteroatoms. The van der Waals surface area contributed by atoms with E-state index >= 15 is 0 Å². The number of aromatic nitrogens is 1. The van der Waals surface area contributed by atoms with Crippen LogP contribution in [0, 0.1) is 12.8 Å². The van der Waals surface area contributed by atoms with Gasteiger partial charge in [-0.05, 0) is 42.9 Å². The van der Waals surface area contributed by atoms with Crippen molar-refractivity contribution < 1.29 is 9.90 Å². The number of likely N-dealkylation sites (tertiary alicyclic amines) is 1. The highest BCUT2D eigenvalue weighted by molar-refractivity contribution is 5.86. The largest absolute Gasteiger partial charge is 0.391 e. The SMILES string of the molecule is Cc1cccc2[nH]cc(CCNC(=O)N3C[C@H](C)C[C@@H](O)C3)c12. The van der Waals surface area contributed by atoms with Crippen LogP contribution in [0.4, 0.5) is 4.79 Å². The van der Waals surface area contributed by atoms with Crippen molar-refractivity contribution in [2.45, 2.75) is 32.8 Å². The fourth-order valence-corrected chi connectivity index (χ4v) is 3.55. The predicted octanol–water partition coefficient (Wildman–Crippen LogP) is 2.43. The third-order valence-electron chi connectivity index (χ3n) is 4.59. The summed E-state index contributed by atoms with van der Waals surface area (Å²) in [7, 11) is 0. The smallest absolute Gasteiger partial charge is 0.317 e. The van der Waals surface area contributed by atoms with Crippen LogP contribution in [0.1, 0.15) is 24.5 Å². The number of nitrogens with zero attached hydrogens (tertiary/aromatic N) is 1. The maximum atomic E-state index is 12.2. The molecule has 0 aliphatic carbocycles. The number of hydrogen-bond acceptors (Lipinski definition) is 2. The van der Waals surface area contributed by atoms with Gasteiger partial charge in [-0.1, -0.05) is 19.1 Å². The van der Waals surface area contributed by atoms with Gasteiger partial charge in [0, 0.05) is 36.7 Å². The van der Waals surface area contributed by atoms with Crippen molar-refractivity contribution in [3.05, 3.63) is 35.5 Å². The number of aliphatic hydroxyl groups excluding tert-OH is 1. The van der Waals surface area contributed by atoms with Crippen LogP contribution in [0.5, 0.6) is 0 Å². The van der Waals surface area contributed by atoms with Crippen molar-refractivity contribution >= 4 is 16.9 Å². The highest BCUT2D eigenvalue weighted by Crippen LogP contribution is 2.22. The van der Waals surface area contributed by atoms with Gasteiger partial charge in [-0.15, -0.1) is 0 Å². The number of piperidine rings is 1. The number of rotatable bonds is 3. The van der Waals surface area contributed by atoms with E-state index in [4.69, 9.17) is 0 Å². The summed E-state index contributed by atoms with van der Waals surface area (Å²) in [5, 5.41) is 14.0. The third kappa shape index (κ3) is 3.50. The molecule has 0 saturated carbocycles. The first-order valence-corrected chi connectivity index (χ1v) is 8.31. The van der Waals surface area contributed by atoms with Crippen molar-refractivity contribution in [2.24, 2.45) is 5.92 Å². The minimum atomic E-state index is -0.402. The molecule has 1 aliphatic rings. The molecular weight excluding hydrogens is 290 g/mol. The van der Waals surface area contributed by atoms with Crippen LogP contribution in [0.3, 0.4) is 0 Å². The molecule has 0 spiro atoms. The summed E-state index contributed by atoms with van der Waals surface area (Å²) in [4.78, 5) is 17.3. The van der Waals surface area contributed by atoms with Gasteiger partial charge in [0.1, 0.15) is 0 Å². The Kier molecular flexibility index (Phi) is 4.57. The van der Waals surface area contributed by atoms with E-state index in [-0.39, 0.29) is 6.03 Å². The maximum absolute atomic E-state index is 12.2. The van der Waals surface area contributed by atoms with Crippen molar-refractivity contribution in [3.8, 4) is 0 Å². The van der Waals surface area contributed by atoms with Crippen molar-refractivity contribution in [1.82, 2.24) is 15.2 Å². The first kappa shape index (κ1) is 15.9. The molecule has 1 aromatic carbocycles. The number of β-amino-alcohol motifs (C(OH)–C–C–N with tert-alkyl or cyclic N) is 1. The van der Waals surface area contributed by atoms with Gasteiger partial charge in [-0.3, -0.25) is 0 Å². The average Bonchev–Trinajstić information content (AvgIpc) is 2.91. The standard InChI is InChI=1S/C18H25N3O2/c1-12-8-15(22)11-21(10-12)18(23)19-7-6-14-9-20-16-5-3-4-13(2)17(14)16/h3-5,9,12,15,20,22H,6-8,10-11H2,1-2H3,(H,19,23)/t12-,15-/m1/s1. The predicted molar refractivity (Wildman–Crippen MR) is 91.5 cm³/mol. The summed E-state index contributed by atoms with van der Waals surface area (Å²) in [6, 6.07) is 6.14. The number of H-pyrrole nitrogens is 1. The summed E-state index contributed by atoms with van der Waals surface area (Å²) >= 11 is 0. The Labute approximate surface area is 136 Å². The van der Waals surface area contributed by atoms with E-state index in [1.807, 2.05) is 12.3 Å². The van der Waals surface area contributed by atoms with Crippen molar-refractivity contribution in [1.29, 1.82) is 0 Å². The van der Waals surface area contributed by atoms with Crippen LogP contribution in [-0.4, -0.2) is 46.8 Å². The lowest BCUT2D eigenvalue weighted by molar-refractivity contribution is 0.0605. The molecule has 1 aliphatic heterocycles. The summed E-state index contributed by atoms with van der Waals surface area (Å²) < 4.78 is 0. The third-order valence-corrected chi connectivity index (χ3v) is 4.59. The van der Waals surface area contributed by atoms with Crippen LogP contribution < -0.4 is 5.32 Å². The second kappa shape index (κ2) is 6.62. The second-order valence-corrected chi connectivity index (χ2v) is 6.69. The van der Waals surface area contributed by atoms with Crippen molar-refractivity contribution in [2.75, 3.05) is 19.6 Å². The number of hydrogen-bond donors (Lipinski definition) is 3. The van der Waals surface area contributed by atoms with Crippen LogP contribution in [-0.2, 0) is 6.42 Å². The number of aliphatic hydroxyl groups is 1. The lowest BCUT2D eigenvalue weighted by Gasteiger charge is -2.34. The monoisotopic (exact) mass is 315 g/mol. The minimum Gasteiger partial charge on any atom is -0.391 e. The molecule has 2 atom stereocenters. The summed E-state index contributed by atoms with van der Waals surface area (Å²) in [5.41, 5.74) is 3.61. The number of fused-ring (bicyclic) bond motifs is 1. The van der Waals surface area contributed by atoms with Crippen molar-refractivity contribution in [3.63, 3.8) is 0 Å². The molecule has 0 bridgehead atoms. The molecule has 23 heavy (non-hydrogen) atoms. The molecule has 5 nitrogen and oxygen atoms in total. The molecule has 2 aromatic rings. The van der Waals surface area contributed by atoms with E-state index in [9.17, 15) is 9.90 Å². The van der Waals surface area contributed by atoms with Crippen LogP contribution in [0.15, 0.2) is 24.4 Å². The zero-order valence-corrected chi connectivity index (χ0v) is 13.8. The number of aryl methyl sites for hydroxylation is 1. The van der Waals surface area contributed by atoms with Gasteiger partial charge >= 0.3 is 6.03 Å². The van der Waals surface area contributed by atoms with Gasteiger partial charge in [-0.25, -0.2) is 4.79 Å². The average molecular weight is 315 g/mol. The van der Waals surface area contributed by atoms with E-state index < -0.39 is 6.10 Å². The van der Waals surface area contributed by atoms with Gasteiger partial charge in [-0.2, -0.15) is 0 Å². The molecule has 0 unspecified atom stereocenters. The zero-order chi connectivity index (χ0) is 16.4. The number of carbonyl (C=O) groups is 1. The summed E-state index contributed by atoms with van der Waals surface area (Å²) in [6.07, 6.45) is 3.19. The van der Waals surface area contributed by atoms with E-state index in [2.05, 4.69) is 36.3 Å². The molecular formula is C18H25N3O2. The molecule has 3 rings (SSSR count). The van der Waals surface area contributed by atoms with Gasteiger partial charge in [0.2, 0.25) is 0 Å². The highest BCUT2D eigenvalue weighted by Gasteiger charge is 2.26. The minimum absolute atomic E-state index is 0.0767. The van der Waals surface area contributed by atoms with Crippen LogP contribution >= 0.6 is 0 Å². The molecule has 3 N–H and O–H groups in total. The fraction of sp³-hybridized carbons (Fsp3) is 0.500. The second-order valence-electron chi connectivity index (χ2n) is 6.69. The van der Waals surface area contributed by atoms with Crippen LogP contribution in [0.25, 0.3) is 10.9 Å². The van der Waals surface area contributed by atoms with E-state index in [1.165, 1.54) is 16.5 Å². The normalized spacial score (nSPS) is 21.6. The fourth-order valence-electron chi connectivity index (χ4n) is 3.55. The molecule has 2 heterocycles. The highest BCUT2D eigenvalue weighted by atomic mass is 16.3. The first-order valence-electron chi connectivity index (χ1n) is 8.31. The molecule has 1 fully saturated rings. The Morgan fingerprint density at radius 3 is 3.04 bits per heavy atom. The van der Waals surface area contributed by atoms with E-state index in [0.29, 0.717) is 19.0 Å². The first-order chi connectivity index (χ1) is 11.0. The Bertz CT molecular complexity index is 685. The van der Waals surface area contributed by atoms with E-state index in [1.54, 1.807) is 4.90 Å². The molecule has 1 saturated heterocycles. The Balaban J connectivity index is 1.57. The Hall–Kier alpha value is -2.01. The lowest BCUT2D eigenvalue weighted by atomic mass is 9.98. The molecule has 124 valence electrons. The molecule has 0 radical (unpaired) electrons. The number of benzene rings is 1. The van der Waals surface area contributed by atoms with Gasteiger partial charge < -0.3 is 20.3 Å². The summed E-state index contributed by atoms with van der Waals surface area (Å²) in [5.74, 6) is 0.348. The van der Waals surface area contributed by atoms with E-state index in [0.717, 1.165) is 24.9 Å². The van der Waals surface area contributed by atoms with Crippen LogP contribution in [0.2, 0.25) is 0 Å². The molecule has 1 aromatic heterocycles. The number of carbonyl (C=O) groups excluding carboxylic acids is 1. The number of urea groups is 1.